The van der Waals surface area contributed by atoms with Gasteiger partial charge in [-0.3, -0.25) is 0 Å². The van der Waals surface area contributed by atoms with E-state index in [1.807, 2.05) is 20.8 Å². The molecule has 0 amide bonds. The predicted octanol–water partition coefficient (Wildman–Crippen LogP) is 2.59. The first kappa shape index (κ1) is 13.4. The van der Waals surface area contributed by atoms with E-state index in [0.29, 0.717) is 11.5 Å². The van der Waals surface area contributed by atoms with Gasteiger partial charge in [-0.2, -0.15) is 0 Å². The maximum absolute atomic E-state index is 5.53. The highest BCUT2D eigenvalue weighted by atomic mass is 16.5. The summed E-state index contributed by atoms with van der Waals surface area (Å²) >= 11 is 0. The molecule has 0 aliphatic heterocycles. The normalized spacial score (nSPS) is 11.3. The molecule has 0 aliphatic rings. The number of hydrogen-bond acceptors (Lipinski definition) is 2. The Labute approximate surface area is 75.4 Å². The second-order valence-corrected chi connectivity index (χ2v) is 1.71. The third-order valence-corrected chi connectivity index (χ3v) is 1.08. The molecule has 12 heavy (non-hydrogen) atoms. The van der Waals surface area contributed by atoms with E-state index in [4.69, 9.17) is 10.5 Å². The van der Waals surface area contributed by atoms with Gasteiger partial charge in [0.2, 0.25) is 0 Å². The van der Waals surface area contributed by atoms with Crippen molar-refractivity contribution in [3.8, 4) is 0 Å². The average Bonchev–Trinajstić information content (AvgIpc) is 2.16. The molecule has 0 rings (SSSR count). The number of allylic oxidation sites excluding steroid dienone is 3. The lowest BCUT2D eigenvalue weighted by Crippen LogP contribution is -2.01. The van der Waals surface area contributed by atoms with Gasteiger partial charge < -0.3 is 10.5 Å². The molecule has 0 aliphatic carbocycles. The fourth-order valence-corrected chi connectivity index (χ4v) is 0.531. The van der Waals surface area contributed by atoms with Crippen LogP contribution in [0, 0.1) is 0 Å². The second-order valence-electron chi connectivity index (χ2n) is 1.71. The molecular formula is C10H19NO. The maximum Gasteiger partial charge on any atom is 0.141 e. The quantitative estimate of drug-likeness (QED) is 0.520. The van der Waals surface area contributed by atoms with Crippen molar-refractivity contribution in [3.63, 3.8) is 0 Å². The molecule has 2 heteroatoms. The smallest absolute Gasteiger partial charge is 0.141 e. The third kappa shape index (κ3) is 5.59. The molecule has 0 aromatic heterocycles. The van der Waals surface area contributed by atoms with Crippen LogP contribution in [0.3, 0.4) is 0 Å². The van der Waals surface area contributed by atoms with Crippen LogP contribution in [0.2, 0.25) is 0 Å². The highest BCUT2D eigenvalue weighted by Gasteiger charge is 1.94. The van der Waals surface area contributed by atoms with Crippen LogP contribution in [0.25, 0.3) is 0 Å². The standard InChI is InChI=1S/C8H13NO.C2H6/c1-4-6-8(10-3)7(9)5-2;1-2/h4-6H,1,9H2,2-3H3;1-2H3/b7-5+,8-6+;. The minimum atomic E-state index is 0.627. The number of ether oxygens (including phenoxy) is 1. The number of nitrogens with two attached hydrogens (primary N) is 1. The number of hydrogen-bond donors (Lipinski definition) is 1. The van der Waals surface area contributed by atoms with Crippen molar-refractivity contribution >= 4 is 0 Å². The molecule has 0 unspecified atom stereocenters. The monoisotopic (exact) mass is 169 g/mol. The van der Waals surface area contributed by atoms with Crippen molar-refractivity contribution in [2.75, 3.05) is 7.11 Å². The van der Waals surface area contributed by atoms with Crippen molar-refractivity contribution < 1.29 is 4.74 Å². The maximum atomic E-state index is 5.53. The summed E-state index contributed by atoms with van der Waals surface area (Å²) in [5, 5.41) is 0. The minimum absolute atomic E-state index is 0.627. The second kappa shape index (κ2) is 9.82. The van der Waals surface area contributed by atoms with Gasteiger partial charge in [-0.25, -0.2) is 0 Å². The predicted molar refractivity (Wildman–Crippen MR) is 54.6 cm³/mol. The van der Waals surface area contributed by atoms with Crippen LogP contribution in [0.15, 0.2) is 36.3 Å². The van der Waals surface area contributed by atoms with Gasteiger partial charge in [0.25, 0.3) is 0 Å². The molecule has 0 bridgehead atoms. The number of rotatable bonds is 3. The van der Waals surface area contributed by atoms with E-state index < -0.39 is 0 Å². The highest BCUT2D eigenvalue weighted by Crippen LogP contribution is 2.03. The summed E-state index contributed by atoms with van der Waals surface area (Å²) in [5.41, 5.74) is 6.16. The molecule has 0 aromatic carbocycles. The van der Waals surface area contributed by atoms with E-state index in [1.54, 1.807) is 25.3 Å². The largest absolute Gasteiger partial charge is 0.495 e. The first-order chi connectivity index (χ1) is 5.76. The van der Waals surface area contributed by atoms with E-state index in [-0.39, 0.29) is 0 Å². The molecule has 0 aromatic rings. The molecule has 2 nitrogen and oxygen atoms in total. The molecule has 0 heterocycles. The van der Waals surface area contributed by atoms with Crippen molar-refractivity contribution in [2.24, 2.45) is 5.73 Å². The van der Waals surface area contributed by atoms with E-state index in [0.717, 1.165) is 0 Å². The topological polar surface area (TPSA) is 35.2 Å². The van der Waals surface area contributed by atoms with Crippen LogP contribution in [-0.2, 0) is 4.74 Å². The summed E-state index contributed by atoms with van der Waals surface area (Å²) in [4.78, 5) is 0. The zero-order valence-corrected chi connectivity index (χ0v) is 8.42. The summed E-state index contributed by atoms with van der Waals surface area (Å²) < 4.78 is 4.94. The number of methoxy groups -OCH3 is 1. The zero-order chi connectivity index (χ0) is 9.98. The summed E-state index contributed by atoms with van der Waals surface area (Å²) in [6.45, 7) is 9.38. The summed E-state index contributed by atoms with van der Waals surface area (Å²) in [5.74, 6) is 0.650. The van der Waals surface area contributed by atoms with E-state index in [2.05, 4.69) is 6.58 Å². The fraction of sp³-hybridized carbons (Fsp3) is 0.400. The molecule has 0 saturated carbocycles. The van der Waals surface area contributed by atoms with Gasteiger partial charge in [0, 0.05) is 0 Å². The van der Waals surface area contributed by atoms with Crippen LogP contribution in [0.4, 0.5) is 0 Å². The van der Waals surface area contributed by atoms with Crippen LogP contribution >= 0.6 is 0 Å². The third-order valence-electron chi connectivity index (χ3n) is 1.08. The fourth-order valence-electron chi connectivity index (χ4n) is 0.531. The summed E-state index contributed by atoms with van der Waals surface area (Å²) in [6.07, 6.45) is 5.13. The van der Waals surface area contributed by atoms with Crippen molar-refractivity contribution in [2.45, 2.75) is 20.8 Å². The Morgan fingerprint density at radius 2 is 1.92 bits per heavy atom. The van der Waals surface area contributed by atoms with Gasteiger partial charge in [0.1, 0.15) is 5.76 Å². The molecule has 0 saturated heterocycles. The summed E-state index contributed by atoms with van der Waals surface area (Å²) in [7, 11) is 1.58. The molecule has 0 radical (unpaired) electrons. The Bertz CT molecular complexity index is 169. The first-order valence-corrected chi connectivity index (χ1v) is 4.05. The van der Waals surface area contributed by atoms with Crippen molar-refractivity contribution in [1.29, 1.82) is 0 Å². The molecule has 70 valence electrons. The minimum Gasteiger partial charge on any atom is -0.495 e. The van der Waals surface area contributed by atoms with Crippen LogP contribution in [0.1, 0.15) is 20.8 Å². The molecule has 0 fully saturated rings. The van der Waals surface area contributed by atoms with Crippen LogP contribution in [0.5, 0.6) is 0 Å². The van der Waals surface area contributed by atoms with Gasteiger partial charge in [0.05, 0.1) is 12.8 Å². The van der Waals surface area contributed by atoms with E-state index >= 15 is 0 Å². The van der Waals surface area contributed by atoms with Crippen LogP contribution < -0.4 is 5.73 Å². The van der Waals surface area contributed by atoms with E-state index in [1.165, 1.54) is 0 Å². The van der Waals surface area contributed by atoms with Gasteiger partial charge in [0.15, 0.2) is 0 Å². The molecular weight excluding hydrogens is 150 g/mol. The SMILES string of the molecule is C=C/C=C(OC)\C(N)=C/C.CC. The van der Waals surface area contributed by atoms with Crippen molar-refractivity contribution in [3.05, 3.63) is 36.3 Å². The van der Waals surface area contributed by atoms with Gasteiger partial charge >= 0.3 is 0 Å². The van der Waals surface area contributed by atoms with Gasteiger partial charge in [-0.05, 0) is 13.0 Å². The Morgan fingerprint density at radius 1 is 1.42 bits per heavy atom. The van der Waals surface area contributed by atoms with Gasteiger partial charge in [-0.15, -0.1) is 0 Å². The lowest BCUT2D eigenvalue weighted by molar-refractivity contribution is 0.300. The zero-order valence-electron chi connectivity index (χ0n) is 8.42. The van der Waals surface area contributed by atoms with Crippen molar-refractivity contribution in [1.82, 2.24) is 0 Å². The lowest BCUT2D eigenvalue weighted by Gasteiger charge is -2.03. The Kier molecular flexibility index (Phi) is 11.0. The summed E-state index contributed by atoms with van der Waals surface area (Å²) in [6, 6.07) is 0. The Hall–Kier alpha value is -1.18. The average molecular weight is 169 g/mol. The lowest BCUT2D eigenvalue weighted by atomic mass is 10.3. The van der Waals surface area contributed by atoms with Gasteiger partial charge in [-0.1, -0.05) is 32.6 Å². The Morgan fingerprint density at radius 3 is 2.17 bits per heavy atom. The first-order valence-electron chi connectivity index (χ1n) is 4.05. The Balaban J connectivity index is 0. The van der Waals surface area contributed by atoms with E-state index in [9.17, 15) is 0 Å². The molecule has 0 atom stereocenters. The molecule has 0 spiro atoms. The van der Waals surface area contributed by atoms with Crippen LogP contribution in [-0.4, -0.2) is 7.11 Å². The molecule has 2 N–H and O–H groups in total. The highest BCUT2D eigenvalue weighted by molar-refractivity contribution is 5.24.